The maximum atomic E-state index is 12.7. The van der Waals surface area contributed by atoms with Crippen molar-refractivity contribution in [3.63, 3.8) is 0 Å². The van der Waals surface area contributed by atoms with E-state index >= 15 is 0 Å². The largest absolute Gasteiger partial charge is 0.497 e. The number of rotatable bonds is 6. The average molecular weight is 465 g/mol. The molecule has 3 aliphatic rings. The summed E-state index contributed by atoms with van der Waals surface area (Å²) < 4.78 is 10.7. The van der Waals surface area contributed by atoms with E-state index in [1.807, 2.05) is 30.3 Å². The number of amides is 2. The van der Waals surface area contributed by atoms with Crippen LogP contribution in [-0.4, -0.2) is 61.6 Å². The smallest absolute Gasteiger partial charge is 0.253 e. The second-order valence-electron chi connectivity index (χ2n) is 9.54. The molecule has 34 heavy (non-hydrogen) atoms. The Kier molecular flexibility index (Phi) is 6.30. The van der Waals surface area contributed by atoms with Gasteiger partial charge in [0.15, 0.2) is 0 Å². The number of methoxy groups -OCH3 is 2. The molecular weight excluding hydrogens is 432 g/mol. The molecular formula is C26H32N4O4. The summed E-state index contributed by atoms with van der Waals surface area (Å²) in [4.78, 5) is 34.2. The van der Waals surface area contributed by atoms with Crippen LogP contribution in [0.5, 0.6) is 11.5 Å². The van der Waals surface area contributed by atoms with E-state index in [1.165, 1.54) is 6.42 Å². The van der Waals surface area contributed by atoms with E-state index in [2.05, 4.69) is 20.1 Å². The number of benzene rings is 1. The van der Waals surface area contributed by atoms with Gasteiger partial charge in [0.1, 0.15) is 17.3 Å². The molecule has 2 unspecified atom stereocenters. The third-order valence-corrected chi connectivity index (χ3v) is 7.44. The third kappa shape index (κ3) is 4.41. The lowest BCUT2D eigenvalue weighted by atomic mass is 9.76. The molecule has 3 fully saturated rings. The Balaban J connectivity index is 1.22. The van der Waals surface area contributed by atoms with Gasteiger partial charge in [0.05, 0.1) is 19.8 Å². The molecule has 3 atom stereocenters. The number of carbonyl (C=O) groups is 2. The van der Waals surface area contributed by atoms with Gasteiger partial charge in [-0.25, -0.2) is 4.98 Å². The van der Waals surface area contributed by atoms with Crippen LogP contribution in [0.25, 0.3) is 0 Å². The van der Waals surface area contributed by atoms with Gasteiger partial charge in [-0.3, -0.25) is 9.59 Å². The van der Waals surface area contributed by atoms with Crippen molar-refractivity contribution in [1.82, 2.24) is 15.2 Å². The monoisotopic (exact) mass is 464 g/mol. The number of aromatic nitrogens is 1. The van der Waals surface area contributed by atoms with E-state index in [0.717, 1.165) is 43.9 Å². The Bertz CT molecular complexity index is 1060. The zero-order chi connectivity index (χ0) is 23.7. The number of ether oxygens (including phenoxy) is 2. The summed E-state index contributed by atoms with van der Waals surface area (Å²) in [5.74, 6) is 3.44. The predicted molar refractivity (Wildman–Crippen MR) is 128 cm³/mol. The molecule has 1 aromatic heterocycles. The molecule has 0 saturated carbocycles. The molecule has 0 radical (unpaired) electrons. The molecule has 1 N–H and O–H groups in total. The van der Waals surface area contributed by atoms with Crippen molar-refractivity contribution in [3.8, 4) is 11.5 Å². The first-order chi connectivity index (χ1) is 16.6. The van der Waals surface area contributed by atoms with E-state index in [0.29, 0.717) is 53.8 Å². The number of anilines is 1. The minimum absolute atomic E-state index is 0.184. The quantitative estimate of drug-likeness (QED) is 0.708. The lowest BCUT2D eigenvalue weighted by molar-refractivity contribution is -0.142. The lowest BCUT2D eigenvalue weighted by Gasteiger charge is -2.52. The maximum absolute atomic E-state index is 12.7. The molecule has 2 bridgehead atoms. The molecule has 1 aromatic carbocycles. The van der Waals surface area contributed by atoms with Gasteiger partial charge < -0.3 is 24.6 Å². The standard InChI is InChI=1S/C26H32N4O4/c1-33-21-7-8-23(34-2)19(11-21)13-28-26(32)18-6-9-24(27-12-18)29-14-17-10-20(16-29)22-4-3-5-25(31)30(22)15-17/h6-9,11-12,17,20,22H,3-5,10,13-16H2,1-2H3,(H,28,32)/t17?,20?,22-/m1/s1. The van der Waals surface area contributed by atoms with E-state index in [-0.39, 0.29) is 5.91 Å². The highest BCUT2D eigenvalue weighted by molar-refractivity contribution is 5.94. The number of nitrogens with zero attached hydrogens (tertiary/aromatic N) is 3. The second-order valence-corrected chi connectivity index (χ2v) is 9.54. The fourth-order valence-electron chi connectivity index (χ4n) is 5.80. The van der Waals surface area contributed by atoms with Crippen LogP contribution in [0.2, 0.25) is 0 Å². The van der Waals surface area contributed by atoms with E-state index in [4.69, 9.17) is 9.47 Å². The zero-order valence-corrected chi connectivity index (χ0v) is 19.8. The second kappa shape index (κ2) is 9.52. The van der Waals surface area contributed by atoms with Gasteiger partial charge in [0.2, 0.25) is 5.91 Å². The minimum atomic E-state index is -0.184. The number of hydrogen-bond acceptors (Lipinski definition) is 6. The molecule has 0 spiro atoms. The van der Waals surface area contributed by atoms with Gasteiger partial charge in [-0.05, 0) is 61.4 Å². The van der Waals surface area contributed by atoms with Crippen molar-refractivity contribution in [1.29, 1.82) is 0 Å². The van der Waals surface area contributed by atoms with E-state index < -0.39 is 0 Å². The molecule has 3 aliphatic heterocycles. The van der Waals surface area contributed by atoms with Crippen molar-refractivity contribution in [2.45, 2.75) is 38.3 Å². The summed E-state index contributed by atoms with van der Waals surface area (Å²) in [6, 6.07) is 9.65. The number of pyridine rings is 1. The lowest BCUT2D eigenvalue weighted by Crippen LogP contribution is -2.60. The van der Waals surface area contributed by atoms with Crippen LogP contribution in [0.15, 0.2) is 36.5 Å². The Hall–Kier alpha value is -3.29. The molecule has 0 aliphatic carbocycles. The predicted octanol–water partition coefficient (Wildman–Crippen LogP) is 2.87. The zero-order valence-electron chi connectivity index (χ0n) is 19.8. The van der Waals surface area contributed by atoms with Crippen LogP contribution in [0, 0.1) is 11.8 Å². The van der Waals surface area contributed by atoms with Crippen molar-refractivity contribution < 1.29 is 19.1 Å². The fraction of sp³-hybridized carbons (Fsp3) is 0.500. The van der Waals surface area contributed by atoms with Crippen LogP contribution in [0.3, 0.4) is 0 Å². The molecule has 2 aromatic rings. The molecule has 8 heteroatoms. The van der Waals surface area contributed by atoms with Gasteiger partial charge in [-0.1, -0.05) is 0 Å². The van der Waals surface area contributed by atoms with E-state index in [9.17, 15) is 9.59 Å². The van der Waals surface area contributed by atoms with Crippen LogP contribution in [0.1, 0.15) is 41.6 Å². The summed E-state index contributed by atoms with van der Waals surface area (Å²) in [6.45, 7) is 3.01. The van der Waals surface area contributed by atoms with Crippen molar-refractivity contribution in [2.24, 2.45) is 11.8 Å². The summed E-state index contributed by atoms with van der Waals surface area (Å²) in [5, 5.41) is 2.94. The average Bonchev–Trinajstić information content (AvgIpc) is 2.87. The summed E-state index contributed by atoms with van der Waals surface area (Å²) in [7, 11) is 3.21. The Labute approximate surface area is 200 Å². The van der Waals surface area contributed by atoms with Crippen LogP contribution >= 0.6 is 0 Å². The number of hydrogen-bond donors (Lipinski definition) is 1. The first-order valence-corrected chi connectivity index (χ1v) is 12.0. The number of fused-ring (bicyclic) bond motifs is 4. The highest BCUT2D eigenvalue weighted by Crippen LogP contribution is 2.38. The first-order valence-electron chi connectivity index (χ1n) is 12.0. The maximum Gasteiger partial charge on any atom is 0.253 e. The Morgan fingerprint density at radius 3 is 2.79 bits per heavy atom. The van der Waals surface area contributed by atoms with Gasteiger partial charge >= 0.3 is 0 Å². The summed E-state index contributed by atoms with van der Waals surface area (Å²) >= 11 is 0. The normalized spacial score (nSPS) is 23.8. The fourth-order valence-corrected chi connectivity index (χ4v) is 5.80. The molecule has 3 saturated heterocycles. The molecule has 2 amide bonds. The topological polar surface area (TPSA) is 84.0 Å². The SMILES string of the molecule is COc1ccc(OC)c(CNC(=O)c2ccc(N3CC4CC(C3)[C@H]3CCCC(=O)N3C4)nc2)c1. The van der Waals surface area contributed by atoms with Crippen molar-refractivity contribution in [2.75, 3.05) is 38.8 Å². The highest BCUT2D eigenvalue weighted by Gasteiger charge is 2.44. The first kappa shape index (κ1) is 22.5. The highest BCUT2D eigenvalue weighted by atomic mass is 16.5. The summed E-state index contributed by atoms with van der Waals surface area (Å²) in [6.07, 6.45) is 5.66. The number of nitrogens with one attached hydrogen (secondary N) is 1. The van der Waals surface area contributed by atoms with E-state index in [1.54, 1.807) is 20.4 Å². The van der Waals surface area contributed by atoms with Crippen LogP contribution < -0.4 is 19.7 Å². The third-order valence-electron chi connectivity index (χ3n) is 7.44. The number of carbonyl (C=O) groups excluding carboxylic acids is 2. The molecule has 8 nitrogen and oxygen atoms in total. The molecule has 180 valence electrons. The van der Waals surface area contributed by atoms with Gasteiger partial charge in [0, 0.05) is 50.4 Å². The van der Waals surface area contributed by atoms with Crippen molar-refractivity contribution >= 4 is 17.6 Å². The van der Waals surface area contributed by atoms with Gasteiger partial charge in [-0.15, -0.1) is 0 Å². The molecule has 4 heterocycles. The number of piperidine rings is 3. The minimum Gasteiger partial charge on any atom is -0.497 e. The summed E-state index contributed by atoms with van der Waals surface area (Å²) in [5.41, 5.74) is 1.36. The van der Waals surface area contributed by atoms with Crippen LogP contribution in [0.4, 0.5) is 5.82 Å². The van der Waals surface area contributed by atoms with Crippen molar-refractivity contribution in [3.05, 3.63) is 47.7 Å². The van der Waals surface area contributed by atoms with Gasteiger partial charge in [-0.2, -0.15) is 0 Å². The Morgan fingerprint density at radius 1 is 1.15 bits per heavy atom. The van der Waals surface area contributed by atoms with Gasteiger partial charge in [0.25, 0.3) is 5.91 Å². The van der Waals surface area contributed by atoms with Crippen LogP contribution in [-0.2, 0) is 11.3 Å². The Morgan fingerprint density at radius 2 is 2.03 bits per heavy atom. The molecule has 5 rings (SSSR count).